The Morgan fingerprint density at radius 3 is 1.96 bits per heavy atom. The molecule has 3 aromatic carbocycles. The van der Waals surface area contributed by atoms with Crippen LogP contribution < -0.4 is 4.90 Å². The molecule has 1 heteroatoms. The third-order valence-electron chi connectivity index (χ3n) is 5.62. The zero-order chi connectivity index (χ0) is 20.1. The van der Waals surface area contributed by atoms with E-state index in [-0.39, 0.29) is 5.41 Å². The highest BCUT2D eigenvalue weighted by Crippen LogP contribution is 2.45. The fourth-order valence-corrected chi connectivity index (χ4v) is 4.14. The Hall–Kier alpha value is -2.80. The summed E-state index contributed by atoms with van der Waals surface area (Å²) in [4.78, 5) is 2.45. The summed E-state index contributed by atoms with van der Waals surface area (Å²) < 4.78 is 0. The first-order valence-corrected chi connectivity index (χ1v) is 10.1. The molecule has 142 valence electrons. The van der Waals surface area contributed by atoms with Gasteiger partial charge in [0.15, 0.2) is 0 Å². The molecule has 0 aromatic heterocycles. The van der Waals surface area contributed by atoms with Crippen molar-refractivity contribution in [2.45, 2.75) is 47.0 Å². The lowest BCUT2D eigenvalue weighted by molar-refractivity contribution is 0.589. The third-order valence-corrected chi connectivity index (χ3v) is 5.62. The van der Waals surface area contributed by atoms with Crippen molar-refractivity contribution < 1.29 is 0 Å². The fourth-order valence-electron chi connectivity index (χ4n) is 4.14. The van der Waals surface area contributed by atoms with Crippen LogP contribution in [0.15, 0.2) is 54.6 Å². The van der Waals surface area contributed by atoms with Crippen molar-refractivity contribution in [1.29, 1.82) is 0 Å². The van der Waals surface area contributed by atoms with Crippen molar-refractivity contribution in [2.24, 2.45) is 0 Å². The summed E-state index contributed by atoms with van der Waals surface area (Å²) in [5.41, 5.74) is 11.7. The zero-order valence-corrected chi connectivity index (χ0v) is 17.8. The Labute approximate surface area is 169 Å². The lowest BCUT2D eigenvalue weighted by Crippen LogP contribution is -2.17. The summed E-state index contributed by atoms with van der Waals surface area (Å²) in [7, 11) is 0. The van der Waals surface area contributed by atoms with Gasteiger partial charge in [-0.2, -0.15) is 0 Å². The van der Waals surface area contributed by atoms with E-state index in [4.69, 9.17) is 0 Å². The Morgan fingerprint density at radius 1 is 0.679 bits per heavy atom. The van der Waals surface area contributed by atoms with Gasteiger partial charge in [0, 0.05) is 0 Å². The van der Waals surface area contributed by atoms with Crippen LogP contribution >= 0.6 is 0 Å². The molecule has 0 amide bonds. The van der Waals surface area contributed by atoms with Crippen LogP contribution in [0.1, 0.15) is 54.2 Å². The van der Waals surface area contributed by atoms with Crippen molar-refractivity contribution >= 4 is 29.2 Å². The second-order valence-electron chi connectivity index (χ2n) is 9.00. The third kappa shape index (κ3) is 3.16. The van der Waals surface area contributed by atoms with Crippen molar-refractivity contribution in [3.05, 3.63) is 88.0 Å². The highest BCUT2D eigenvalue weighted by atomic mass is 15.2. The van der Waals surface area contributed by atoms with Crippen LogP contribution in [-0.4, -0.2) is 0 Å². The summed E-state index contributed by atoms with van der Waals surface area (Å²) in [5.74, 6) is 0. The summed E-state index contributed by atoms with van der Waals surface area (Å²) in [6.45, 7) is 13.5. The van der Waals surface area contributed by atoms with Gasteiger partial charge in [0.25, 0.3) is 0 Å². The molecule has 0 bridgehead atoms. The molecule has 0 spiro atoms. The lowest BCUT2D eigenvalue weighted by Gasteiger charge is -2.32. The monoisotopic (exact) mass is 367 g/mol. The molecule has 0 aliphatic carbocycles. The molecule has 0 atom stereocenters. The maximum atomic E-state index is 2.45. The van der Waals surface area contributed by atoms with Gasteiger partial charge < -0.3 is 4.90 Å². The number of nitrogens with zero attached hydrogens (tertiary/aromatic N) is 1. The van der Waals surface area contributed by atoms with Gasteiger partial charge in [0.1, 0.15) is 0 Å². The Balaban J connectivity index is 2.01. The van der Waals surface area contributed by atoms with Crippen LogP contribution in [0.25, 0.3) is 12.2 Å². The van der Waals surface area contributed by atoms with Gasteiger partial charge in [-0.05, 0) is 72.2 Å². The van der Waals surface area contributed by atoms with Gasteiger partial charge in [-0.1, -0.05) is 74.9 Å². The molecule has 0 saturated carbocycles. The number of hydrogen-bond acceptors (Lipinski definition) is 1. The van der Waals surface area contributed by atoms with E-state index in [2.05, 4.69) is 113 Å². The molecule has 1 heterocycles. The van der Waals surface area contributed by atoms with Crippen molar-refractivity contribution in [3.8, 4) is 0 Å². The van der Waals surface area contributed by atoms with E-state index in [1.807, 2.05) is 0 Å². The fraction of sp³-hybridized carbons (Fsp3) is 0.259. The summed E-state index contributed by atoms with van der Waals surface area (Å²) >= 11 is 0. The topological polar surface area (TPSA) is 3.24 Å². The van der Waals surface area contributed by atoms with Gasteiger partial charge in [0.05, 0.1) is 17.1 Å². The standard InChI is InChI=1S/C27H29N/c1-18-11-14-25-22(15-18)13-12-21-9-7-8-10-24(21)28(25)26-19(2)16-23(17-20(26)3)27(4,5)6/h7-17H,1-6H3. The quantitative estimate of drug-likeness (QED) is 0.331. The van der Waals surface area contributed by atoms with Crippen LogP contribution in [0.3, 0.4) is 0 Å². The van der Waals surface area contributed by atoms with E-state index in [1.165, 1.54) is 50.4 Å². The van der Waals surface area contributed by atoms with Gasteiger partial charge in [-0.15, -0.1) is 0 Å². The van der Waals surface area contributed by atoms with E-state index < -0.39 is 0 Å². The van der Waals surface area contributed by atoms with Crippen LogP contribution in [0.5, 0.6) is 0 Å². The number of anilines is 3. The van der Waals surface area contributed by atoms with E-state index in [1.54, 1.807) is 0 Å². The number of benzene rings is 3. The molecule has 1 aliphatic rings. The van der Waals surface area contributed by atoms with Gasteiger partial charge in [-0.3, -0.25) is 0 Å². The normalized spacial score (nSPS) is 13.1. The SMILES string of the molecule is Cc1ccc2c(c1)C=Cc1ccccc1N2c1c(C)cc(C(C)(C)C)cc1C. The van der Waals surface area contributed by atoms with E-state index in [0.29, 0.717) is 0 Å². The smallest absolute Gasteiger partial charge is 0.0534 e. The molecule has 0 N–H and O–H groups in total. The molecule has 3 aromatic rings. The largest absolute Gasteiger partial charge is 0.309 e. The van der Waals surface area contributed by atoms with E-state index in [9.17, 15) is 0 Å². The van der Waals surface area contributed by atoms with E-state index >= 15 is 0 Å². The van der Waals surface area contributed by atoms with Crippen molar-refractivity contribution in [3.63, 3.8) is 0 Å². The maximum absolute atomic E-state index is 2.45. The molecule has 0 saturated heterocycles. The predicted octanol–water partition coefficient (Wildman–Crippen LogP) is 7.86. The van der Waals surface area contributed by atoms with Gasteiger partial charge in [-0.25, -0.2) is 0 Å². The molecule has 1 nitrogen and oxygen atoms in total. The van der Waals surface area contributed by atoms with Gasteiger partial charge in [0.2, 0.25) is 0 Å². The minimum Gasteiger partial charge on any atom is -0.309 e. The zero-order valence-electron chi connectivity index (χ0n) is 17.8. The molecule has 0 fully saturated rings. The number of hydrogen-bond donors (Lipinski definition) is 0. The second kappa shape index (κ2) is 6.67. The van der Waals surface area contributed by atoms with Crippen molar-refractivity contribution in [2.75, 3.05) is 4.90 Å². The first kappa shape index (κ1) is 18.6. The number of fused-ring (bicyclic) bond motifs is 2. The Morgan fingerprint density at radius 2 is 1.29 bits per heavy atom. The molecule has 1 aliphatic heterocycles. The molecule has 28 heavy (non-hydrogen) atoms. The predicted molar refractivity (Wildman–Crippen MR) is 123 cm³/mol. The summed E-state index contributed by atoms with van der Waals surface area (Å²) in [6, 6.07) is 20.1. The van der Waals surface area contributed by atoms with Crippen LogP contribution in [0.4, 0.5) is 17.1 Å². The number of aryl methyl sites for hydroxylation is 3. The summed E-state index contributed by atoms with van der Waals surface area (Å²) in [5, 5.41) is 0. The average Bonchev–Trinajstić information content (AvgIpc) is 2.78. The van der Waals surface area contributed by atoms with Crippen LogP contribution in [0.2, 0.25) is 0 Å². The average molecular weight is 368 g/mol. The number of para-hydroxylation sites is 1. The van der Waals surface area contributed by atoms with Crippen LogP contribution in [0, 0.1) is 20.8 Å². The van der Waals surface area contributed by atoms with Crippen LogP contribution in [-0.2, 0) is 5.41 Å². The minimum absolute atomic E-state index is 0.140. The Kier molecular flexibility index (Phi) is 4.42. The maximum Gasteiger partial charge on any atom is 0.0534 e. The number of rotatable bonds is 1. The minimum atomic E-state index is 0.140. The first-order chi connectivity index (χ1) is 13.3. The van der Waals surface area contributed by atoms with Crippen molar-refractivity contribution in [1.82, 2.24) is 0 Å². The second-order valence-corrected chi connectivity index (χ2v) is 9.00. The molecular formula is C27H29N. The molecule has 0 radical (unpaired) electrons. The highest BCUT2D eigenvalue weighted by molar-refractivity contribution is 5.94. The van der Waals surface area contributed by atoms with E-state index in [0.717, 1.165) is 0 Å². The Bertz CT molecular complexity index is 1060. The molecular weight excluding hydrogens is 338 g/mol. The first-order valence-electron chi connectivity index (χ1n) is 10.1. The summed E-state index contributed by atoms with van der Waals surface area (Å²) in [6.07, 6.45) is 4.48. The lowest BCUT2D eigenvalue weighted by atomic mass is 9.84. The highest BCUT2D eigenvalue weighted by Gasteiger charge is 2.24. The van der Waals surface area contributed by atoms with Gasteiger partial charge >= 0.3 is 0 Å². The molecule has 0 unspecified atom stereocenters. The molecule has 4 rings (SSSR count).